The van der Waals surface area contributed by atoms with Gasteiger partial charge in [0.05, 0.1) is 30.9 Å². The molecule has 0 unspecified atom stereocenters. The van der Waals surface area contributed by atoms with Crippen molar-refractivity contribution in [2.75, 3.05) is 30.4 Å². The van der Waals surface area contributed by atoms with Crippen molar-refractivity contribution in [1.29, 1.82) is 0 Å². The van der Waals surface area contributed by atoms with Crippen molar-refractivity contribution >= 4 is 23.3 Å². The average Bonchev–Trinajstić information content (AvgIpc) is 2.85. The highest BCUT2D eigenvalue weighted by molar-refractivity contribution is 6.01. The van der Waals surface area contributed by atoms with E-state index in [-0.39, 0.29) is 24.4 Å². The molecule has 0 aliphatic carbocycles. The van der Waals surface area contributed by atoms with Crippen molar-refractivity contribution in [2.24, 2.45) is 0 Å². The Morgan fingerprint density at radius 3 is 2.39 bits per heavy atom. The first-order valence-corrected chi connectivity index (χ1v) is 11.2. The summed E-state index contributed by atoms with van der Waals surface area (Å²) in [5, 5.41) is 3.00. The molecule has 1 aliphatic rings. The van der Waals surface area contributed by atoms with Crippen LogP contribution >= 0.6 is 0 Å². The van der Waals surface area contributed by atoms with Gasteiger partial charge in [0, 0.05) is 13.1 Å². The zero-order chi connectivity index (χ0) is 23.2. The molecule has 3 aromatic rings. The maximum absolute atomic E-state index is 13.5. The van der Waals surface area contributed by atoms with Gasteiger partial charge in [-0.25, -0.2) is 4.79 Å². The Morgan fingerprint density at radius 2 is 1.67 bits per heavy atom. The first-order valence-electron chi connectivity index (χ1n) is 11.2. The number of nitrogens with one attached hydrogen (secondary N) is 1. The van der Waals surface area contributed by atoms with Gasteiger partial charge in [-0.2, -0.15) is 0 Å². The predicted octanol–water partition coefficient (Wildman–Crippen LogP) is 5.27. The molecule has 1 saturated heterocycles. The van der Waals surface area contributed by atoms with Crippen LogP contribution in [-0.2, 0) is 11.2 Å². The number of hydrogen-bond acceptors (Lipinski definition) is 3. The molecule has 33 heavy (non-hydrogen) atoms. The number of benzene rings is 3. The van der Waals surface area contributed by atoms with E-state index in [1.54, 1.807) is 12.0 Å². The number of carbonyl (C=O) groups is 2. The minimum atomic E-state index is -0.133. The van der Waals surface area contributed by atoms with E-state index in [4.69, 9.17) is 4.74 Å². The van der Waals surface area contributed by atoms with Gasteiger partial charge in [0.25, 0.3) is 0 Å². The zero-order valence-corrected chi connectivity index (χ0v) is 19.0. The van der Waals surface area contributed by atoms with Crippen LogP contribution in [0.5, 0.6) is 5.75 Å². The van der Waals surface area contributed by atoms with Crippen LogP contribution in [0.25, 0.3) is 0 Å². The SMILES string of the molecule is COc1ccc(CC(=O)Nc2ccccc2N2CCCN([C@H](C)c3ccccc3)C2=O)cc1. The normalized spacial score (nSPS) is 14.7. The van der Waals surface area contributed by atoms with E-state index in [1.807, 2.05) is 83.8 Å². The lowest BCUT2D eigenvalue weighted by molar-refractivity contribution is -0.115. The summed E-state index contributed by atoms with van der Waals surface area (Å²) < 4.78 is 5.17. The number of amides is 3. The molecule has 0 bridgehead atoms. The molecular weight excluding hydrogens is 414 g/mol. The molecular formula is C27H29N3O3. The van der Waals surface area contributed by atoms with Gasteiger partial charge in [0.2, 0.25) is 5.91 Å². The van der Waals surface area contributed by atoms with Crippen molar-refractivity contribution in [3.05, 3.63) is 90.0 Å². The van der Waals surface area contributed by atoms with Gasteiger partial charge < -0.3 is 15.0 Å². The third kappa shape index (κ3) is 5.17. The molecule has 170 valence electrons. The van der Waals surface area contributed by atoms with Crippen LogP contribution in [0, 0.1) is 0 Å². The molecule has 1 aliphatic heterocycles. The van der Waals surface area contributed by atoms with Gasteiger partial charge in [-0.15, -0.1) is 0 Å². The molecule has 0 aromatic heterocycles. The van der Waals surface area contributed by atoms with Crippen molar-refractivity contribution in [3.8, 4) is 5.75 Å². The largest absolute Gasteiger partial charge is 0.497 e. The fourth-order valence-electron chi connectivity index (χ4n) is 4.18. The predicted molar refractivity (Wildman–Crippen MR) is 131 cm³/mol. The van der Waals surface area contributed by atoms with E-state index in [0.29, 0.717) is 18.8 Å². The third-order valence-electron chi connectivity index (χ3n) is 6.00. The Kier molecular flexibility index (Phi) is 6.93. The fraction of sp³-hybridized carbons (Fsp3) is 0.259. The molecule has 6 nitrogen and oxygen atoms in total. The van der Waals surface area contributed by atoms with E-state index in [9.17, 15) is 9.59 Å². The van der Waals surface area contributed by atoms with Crippen LogP contribution in [-0.4, -0.2) is 37.0 Å². The maximum Gasteiger partial charge on any atom is 0.325 e. The number of anilines is 2. The molecule has 6 heteroatoms. The van der Waals surface area contributed by atoms with E-state index < -0.39 is 0 Å². The van der Waals surface area contributed by atoms with E-state index >= 15 is 0 Å². The van der Waals surface area contributed by atoms with Crippen LogP contribution in [0.1, 0.15) is 30.5 Å². The van der Waals surface area contributed by atoms with Crippen LogP contribution in [0.3, 0.4) is 0 Å². The summed E-state index contributed by atoms with van der Waals surface area (Å²) >= 11 is 0. The zero-order valence-electron chi connectivity index (χ0n) is 19.0. The van der Waals surface area contributed by atoms with Gasteiger partial charge in [-0.05, 0) is 48.7 Å². The van der Waals surface area contributed by atoms with Crippen LogP contribution in [0.15, 0.2) is 78.9 Å². The first-order chi connectivity index (χ1) is 16.1. The van der Waals surface area contributed by atoms with E-state index in [1.165, 1.54) is 0 Å². The lowest BCUT2D eigenvalue weighted by atomic mass is 10.1. The molecule has 0 saturated carbocycles. The molecule has 3 amide bonds. The van der Waals surface area contributed by atoms with Crippen molar-refractivity contribution < 1.29 is 14.3 Å². The molecule has 0 radical (unpaired) electrons. The van der Waals surface area contributed by atoms with Crippen LogP contribution in [0.4, 0.5) is 16.2 Å². The number of ether oxygens (including phenoxy) is 1. The average molecular weight is 444 g/mol. The second-order valence-electron chi connectivity index (χ2n) is 8.16. The topological polar surface area (TPSA) is 61.9 Å². The quantitative estimate of drug-likeness (QED) is 0.541. The second-order valence-corrected chi connectivity index (χ2v) is 8.16. The Labute approximate surface area is 194 Å². The molecule has 4 rings (SSSR count). The summed E-state index contributed by atoms with van der Waals surface area (Å²) in [6.07, 6.45) is 1.10. The number of methoxy groups -OCH3 is 1. The fourth-order valence-corrected chi connectivity index (χ4v) is 4.18. The van der Waals surface area contributed by atoms with E-state index in [0.717, 1.165) is 29.0 Å². The Balaban J connectivity index is 1.50. The van der Waals surface area contributed by atoms with Crippen LogP contribution < -0.4 is 15.0 Å². The molecule has 1 heterocycles. The van der Waals surface area contributed by atoms with Gasteiger partial charge in [-0.3, -0.25) is 9.69 Å². The summed E-state index contributed by atoms with van der Waals surface area (Å²) in [5.74, 6) is 0.619. The number of nitrogens with zero attached hydrogens (tertiary/aromatic N) is 2. The summed E-state index contributed by atoms with van der Waals surface area (Å²) in [6.45, 7) is 3.37. The lowest BCUT2D eigenvalue weighted by Crippen LogP contribution is -2.50. The van der Waals surface area contributed by atoms with Crippen molar-refractivity contribution in [3.63, 3.8) is 0 Å². The molecule has 1 atom stereocenters. The smallest absolute Gasteiger partial charge is 0.325 e. The highest BCUT2D eigenvalue weighted by Gasteiger charge is 2.31. The third-order valence-corrected chi connectivity index (χ3v) is 6.00. The maximum atomic E-state index is 13.5. The minimum Gasteiger partial charge on any atom is -0.497 e. The van der Waals surface area contributed by atoms with Gasteiger partial charge in [0.1, 0.15) is 5.75 Å². The number of rotatable bonds is 7. The molecule has 1 N–H and O–H groups in total. The Hall–Kier alpha value is -3.80. The standard InChI is InChI=1S/C27H29N3O3/c1-20(22-9-4-3-5-10-22)29-17-8-18-30(27(29)32)25-12-7-6-11-24(25)28-26(31)19-21-13-15-23(33-2)16-14-21/h3-7,9-16,20H,8,17-19H2,1-2H3,(H,28,31)/t20-/m1/s1. The van der Waals surface area contributed by atoms with Crippen LogP contribution in [0.2, 0.25) is 0 Å². The highest BCUT2D eigenvalue weighted by atomic mass is 16.5. The second kappa shape index (κ2) is 10.2. The van der Waals surface area contributed by atoms with Gasteiger partial charge in [-0.1, -0.05) is 54.6 Å². The Bertz CT molecular complexity index is 1100. The summed E-state index contributed by atoms with van der Waals surface area (Å²) in [7, 11) is 1.61. The Morgan fingerprint density at radius 1 is 0.970 bits per heavy atom. The highest BCUT2D eigenvalue weighted by Crippen LogP contribution is 2.32. The molecule has 3 aromatic carbocycles. The lowest BCUT2D eigenvalue weighted by Gasteiger charge is -2.39. The molecule has 0 spiro atoms. The monoisotopic (exact) mass is 443 g/mol. The van der Waals surface area contributed by atoms with Gasteiger partial charge >= 0.3 is 6.03 Å². The number of carbonyl (C=O) groups excluding carboxylic acids is 2. The van der Waals surface area contributed by atoms with Crippen molar-refractivity contribution in [1.82, 2.24) is 4.90 Å². The number of hydrogen-bond donors (Lipinski definition) is 1. The minimum absolute atomic E-state index is 0.0293. The number of urea groups is 1. The number of para-hydroxylation sites is 2. The summed E-state index contributed by atoms with van der Waals surface area (Å²) in [6, 6.07) is 24.9. The molecule has 1 fully saturated rings. The summed E-state index contributed by atoms with van der Waals surface area (Å²) in [5.41, 5.74) is 3.35. The summed E-state index contributed by atoms with van der Waals surface area (Å²) in [4.78, 5) is 29.9. The van der Waals surface area contributed by atoms with Gasteiger partial charge in [0.15, 0.2) is 0 Å². The van der Waals surface area contributed by atoms with Crippen molar-refractivity contribution in [2.45, 2.75) is 25.8 Å². The van der Waals surface area contributed by atoms with E-state index in [2.05, 4.69) is 12.2 Å². The first kappa shape index (κ1) is 22.4.